The highest BCUT2D eigenvalue weighted by atomic mass is 33.1. The number of ether oxygens (including phenoxy) is 1. The molecule has 2 aromatic rings. The normalized spacial score (nSPS) is 13.5. The van der Waals surface area contributed by atoms with Crippen LogP contribution in [-0.4, -0.2) is 11.7 Å². The molecular weight excluding hydrogens is 384 g/mol. The van der Waals surface area contributed by atoms with Gasteiger partial charge >= 0.3 is 0 Å². The van der Waals surface area contributed by atoms with Crippen LogP contribution in [0.25, 0.3) is 11.3 Å². The van der Waals surface area contributed by atoms with Crippen molar-refractivity contribution in [2.24, 2.45) is 0 Å². The lowest BCUT2D eigenvalue weighted by atomic mass is 9.98. The van der Waals surface area contributed by atoms with Gasteiger partial charge in [-0.3, -0.25) is 0 Å². The third kappa shape index (κ3) is 5.37. The molecule has 0 atom stereocenters. The fourth-order valence-corrected chi connectivity index (χ4v) is 4.99. The van der Waals surface area contributed by atoms with Crippen molar-refractivity contribution in [3.63, 3.8) is 0 Å². The highest BCUT2D eigenvalue weighted by Gasteiger charge is 2.12. The molecule has 4 heteroatoms. The lowest BCUT2D eigenvalue weighted by Crippen LogP contribution is -1.97. The summed E-state index contributed by atoms with van der Waals surface area (Å²) in [5, 5.41) is 9.87. The molecular formula is C24H24O2S2. The van der Waals surface area contributed by atoms with Crippen molar-refractivity contribution in [3.05, 3.63) is 100 Å². The van der Waals surface area contributed by atoms with Crippen LogP contribution < -0.4 is 0 Å². The number of allylic oxidation sites excluding steroid dienone is 4. The third-order valence-electron chi connectivity index (χ3n) is 4.50. The number of phenols is 1. The van der Waals surface area contributed by atoms with Gasteiger partial charge in [0.15, 0.2) is 0 Å². The van der Waals surface area contributed by atoms with Gasteiger partial charge in [0.2, 0.25) is 0 Å². The molecule has 1 aliphatic rings. The Labute approximate surface area is 175 Å². The molecule has 28 heavy (non-hydrogen) atoms. The number of hydrogen-bond acceptors (Lipinski definition) is 4. The minimum Gasteiger partial charge on any atom is -0.507 e. The Hall–Kier alpha value is -2.30. The van der Waals surface area contributed by atoms with E-state index in [1.54, 1.807) is 39.8 Å². The monoisotopic (exact) mass is 408 g/mol. The van der Waals surface area contributed by atoms with Crippen LogP contribution in [0.3, 0.4) is 0 Å². The van der Waals surface area contributed by atoms with Gasteiger partial charge in [0.25, 0.3) is 0 Å². The Kier molecular flexibility index (Phi) is 7.12. The van der Waals surface area contributed by atoms with E-state index in [4.69, 9.17) is 4.74 Å². The van der Waals surface area contributed by atoms with E-state index in [1.165, 1.54) is 21.6 Å². The average molecular weight is 409 g/mol. The number of aromatic hydroxyl groups is 1. The molecule has 0 radical (unpaired) electrons. The molecule has 0 unspecified atom stereocenters. The van der Waals surface area contributed by atoms with Gasteiger partial charge in [-0.1, -0.05) is 77.2 Å². The molecule has 0 fully saturated rings. The van der Waals surface area contributed by atoms with Crippen molar-refractivity contribution in [2.75, 3.05) is 6.61 Å². The Morgan fingerprint density at radius 1 is 0.929 bits per heavy atom. The summed E-state index contributed by atoms with van der Waals surface area (Å²) in [4.78, 5) is 2.46. The molecule has 144 valence electrons. The molecule has 0 amide bonds. The quantitative estimate of drug-likeness (QED) is 0.365. The summed E-state index contributed by atoms with van der Waals surface area (Å²) in [5.74, 6) is 0.664. The summed E-state index contributed by atoms with van der Waals surface area (Å²) >= 11 is 0. The molecule has 1 heterocycles. The summed E-state index contributed by atoms with van der Waals surface area (Å²) in [6.07, 6.45) is 6.20. The minimum atomic E-state index is 0.184. The summed E-state index contributed by atoms with van der Waals surface area (Å²) < 4.78 is 5.75. The fraction of sp³-hybridized carbons (Fsp3) is 0.167. The topological polar surface area (TPSA) is 29.5 Å². The molecule has 0 aromatic heterocycles. The highest BCUT2D eigenvalue weighted by molar-refractivity contribution is 8.79. The zero-order valence-corrected chi connectivity index (χ0v) is 17.6. The second-order valence-corrected chi connectivity index (χ2v) is 8.96. The zero-order chi connectivity index (χ0) is 19.9. The SMILES string of the molecule is C=C(CCC1=CC=C(COC(=C)c2ccccc2O)SS1)c1ccccc1C. The number of phenolic OH excluding ortho intramolecular Hbond substituents is 1. The molecule has 3 rings (SSSR count). The van der Waals surface area contributed by atoms with Crippen molar-refractivity contribution in [1.82, 2.24) is 0 Å². The highest BCUT2D eigenvalue weighted by Crippen LogP contribution is 2.43. The lowest BCUT2D eigenvalue weighted by molar-refractivity contribution is 0.315. The second kappa shape index (κ2) is 9.76. The Morgan fingerprint density at radius 2 is 1.57 bits per heavy atom. The van der Waals surface area contributed by atoms with Gasteiger partial charge in [0.05, 0.1) is 5.56 Å². The maximum Gasteiger partial charge on any atom is 0.126 e. The Morgan fingerprint density at radius 3 is 2.25 bits per heavy atom. The average Bonchev–Trinajstić information content (AvgIpc) is 2.71. The number of benzene rings is 2. The van der Waals surface area contributed by atoms with Crippen molar-refractivity contribution in [2.45, 2.75) is 19.8 Å². The van der Waals surface area contributed by atoms with Crippen molar-refractivity contribution in [3.8, 4) is 5.75 Å². The smallest absolute Gasteiger partial charge is 0.126 e. The van der Waals surface area contributed by atoms with E-state index < -0.39 is 0 Å². The van der Waals surface area contributed by atoms with E-state index in [0.29, 0.717) is 17.9 Å². The van der Waals surface area contributed by atoms with Gasteiger partial charge in [-0.25, -0.2) is 0 Å². The first kappa shape index (κ1) is 20.4. The van der Waals surface area contributed by atoms with Crippen LogP contribution >= 0.6 is 21.6 Å². The number of rotatable bonds is 8. The predicted octanol–water partition coefficient (Wildman–Crippen LogP) is 7.34. The predicted molar refractivity (Wildman–Crippen MR) is 124 cm³/mol. The maximum absolute atomic E-state index is 9.87. The number of para-hydroxylation sites is 1. The third-order valence-corrected chi connectivity index (χ3v) is 7.14. The first-order valence-electron chi connectivity index (χ1n) is 9.12. The van der Waals surface area contributed by atoms with Gasteiger partial charge in [-0.15, -0.1) is 0 Å². The van der Waals surface area contributed by atoms with Crippen LogP contribution in [0, 0.1) is 6.92 Å². The summed E-state index contributed by atoms with van der Waals surface area (Å²) in [6, 6.07) is 15.5. The molecule has 2 aromatic carbocycles. The van der Waals surface area contributed by atoms with E-state index in [9.17, 15) is 5.11 Å². The van der Waals surface area contributed by atoms with E-state index in [-0.39, 0.29) is 5.75 Å². The van der Waals surface area contributed by atoms with Crippen LogP contribution in [0.2, 0.25) is 0 Å². The number of aryl methyl sites for hydroxylation is 1. The molecule has 0 bridgehead atoms. The van der Waals surface area contributed by atoms with Crippen molar-refractivity contribution >= 4 is 32.9 Å². The lowest BCUT2D eigenvalue weighted by Gasteiger charge is -2.16. The van der Waals surface area contributed by atoms with Crippen LogP contribution in [0.1, 0.15) is 29.5 Å². The van der Waals surface area contributed by atoms with Crippen molar-refractivity contribution in [1.29, 1.82) is 0 Å². The van der Waals surface area contributed by atoms with Gasteiger partial charge < -0.3 is 9.84 Å². The summed E-state index contributed by atoms with van der Waals surface area (Å²) in [7, 11) is 3.49. The molecule has 0 saturated carbocycles. The first-order chi connectivity index (χ1) is 13.5. The Bertz CT molecular complexity index is 864. The molecule has 0 saturated heterocycles. The van der Waals surface area contributed by atoms with E-state index in [2.05, 4.69) is 56.5 Å². The van der Waals surface area contributed by atoms with Crippen LogP contribution in [-0.2, 0) is 4.74 Å². The second-order valence-electron chi connectivity index (χ2n) is 6.58. The van der Waals surface area contributed by atoms with Gasteiger partial charge in [-0.2, -0.15) is 0 Å². The van der Waals surface area contributed by atoms with E-state index >= 15 is 0 Å². The summed E-state index contributed by atoms with van der Waals surface area (Å²) in [5.41, 5.74) is 4.34. The standard InChI is InChI=1S/C24H24O2S2/c1-17-8-4-5-9-22(17)18(2)12-13-20-14-15-21(28-27-20)16-26-19(3)23-10-6-7-11-24(23)25/h4-11,14-15,25H,2-3,12-13,16H2,1H3. The van der Waals surface area contributed by atoms with Crippen LogP contribution in [0.15, 0.2) is 83.7 Å². The summed E-state index contributed by atoms with van der Waals surface area (Å²) in [6.45, 7) is 10.8. The maximum atomic E-state index is 9.87. The van der Waals surface area contributed by atoms with Gasteiger partial charge in [-0.05, 0) is 59.6 Å². The van der Waals surface area contributed by atoms with Gasteiger partial charge in [0, 0.05) is 4.91 Å². The molecule has 0 aliphatic carbocycles. The largest absolute Gasteiger partial charge is 0.507 e. The molecule has 2 nitrogen and oxygen atoms in total. The fourth-order valence-electron chi connectivity index (χ4n) is 2.87. The molecule has 1 N–H and O–H groups in total. The molecule has 0 spiro atoms. The van der Waals surface area contributed by atoms with Crippen LogP contribution in [0.5, 0.6) is 5.75 Å². The zero-order valence-electron chi connectivity index (χ0n) is 16.0. The first-order valence-corrected chi connectivity index (χ1v) is 11.3. The van der Waals surface area contributed by atoms with E-state index in [1.807, 2.05) is 6.07 Å². The van der Waals surface area contributed by atoms with Gasteiger partial charge in [0.1, 0.15) is 18.1 Å². The van der Waals surface area contributed by atoms with Crippen LogP contribution in [0.4, 0.5) is 0 Å². The van der Waals surface area contributed by atoms with E-state index in [0.717, 1.165) is 17.7 Å². The Balaban J connectivity index is 1.50. The van der Waals surface area contributed by atoms with Crippen molar-refractivity contribution < 1.29 is 9.84 Å². The minimum absolute atomic E-state index is 0.184. The number of hydrogen-bond donors (Lipinski definition) is 1. The molecule has 1 aliphatic heterocycles.